The predicted octanol–water partition coefficient (Wildman–Crippen LogP) is 4.21. The molecule has 2 heterocycles. The standard InChI is InChI=1S/C21H14N4O2/c1-14-4-2-5-16(10-14)21(8-3-9-24-21)20-15(12-22)13-23-19-7-6-17(25(26)27)11-18(19)20/h2-11,13H,1H3. The van der Waals surface area contributed by atoms with Gasteiger partial charge >= 0.3 is 0 Å². The summed E-state index contributed by atoms with van der Waals surface area (Å²) in [7, 11) is 0. The van der Waals surface area contributed by atoms with Crippen LogP contribution in [0.3, 0.4) is 0 Å². The zero-order valence-corrected chi connectivity index (χ0v) is 14.5. The number of nitriles is 1. The van der Waals surface area contributed by atoms with E-state index in [0.29, 0.717) is 22.0 Å². The Labute approximate surface area is 155 Å². The fraction of sp³-hybridized carbons (Fsp3) is 0.0952. The summed E-state index contributed by atoms with van der Waals surface area (Å²) in [6.07, 6.45) is 6.93. The zero-order chi connectivity index (χ0) is 19.0. The Morgan fingerprint density at radius 1 is 1.22 bits per heavy atom. The third kappa shape index (κ3) is 2.57. The maximum atomic E-state index is 11.3. The molecule has 1 aliphatic rings. The van der Waals surface area contributed by atoms with Gasteiger partial charge in [0, 0.05) is 35.5 Å². The smallest absolute Gasteiger partial charge is 0.270 e. The van der Waals surface area contributed by atoms with Gasteiger partial charge in [-0.25, -0.2) is 0 Å². The van der Waals surface area contributed by atoms with Crippen LogP contribution >= 0.6 is 0 Å². The molecule has 0 saturated heterocycles. The van der Waals surface area contributed by atoms with E-state index in [4.69, 9.17) is 4.99 Å². The Hall–Kier alpha value is -3.85. The number of hydrogen-bond acceptors (Lipinski definition) is 5. The molecule has 1 unspecified atom stereocenters. The van der Waals surface area contributed by atoms with Crippen molar-refractivity contribution in [3.8, 4) is 6.07 Å². The lowest BCUT2D eigenvalue weighted by atomic mass is 9.79. The minimum atomic E-state index is -0.923. The average molecular weight is 354 g/mol. The molecule has 0 spiro atoms. The van der Waals surface area contributed by atoms with Crippen molar-refractivity contribution >= 4 is 22.8 Å². The summed E-state index contributed by atoms with van der Waals surface area (Å²) in [5.74, 6) is 0. The SMILES string of the molecule is Cc1cccc(C2(c3c(C#N)cnc4ccc([N+](=O)[O-])cc34)C=CC=N2)c1. The highest BCUT2D eigenvalue weighted by Gasteiger charge is 2.37. The lowest BCUT2D eigenvalue weighted by molar-refractivity contribution is -0.384. The van der Waals surface area contributed by atoms with E-state index >= 15 is 0 Å². The highest BCUT2D eigenvalue weighted by atomic mass is 16.6. The van der Waals surface area contributed by atoms with Crippen LogP contribution in [0.1, 0.15) is 22.3 Å². The summed E-state index contributed by atoms with van der Waals surface area (Å²) in [6, 6.07) is 14.6. The second kappa shape index (κ2) is 6.15. The van der Waals surface area contributed by atoms with Crippen molar-refractivity contribution in [1.82, 2.24) is 4.98 Å². The first-order valence-electron chi connectivity index (χ1n) is 8.33. The normalized spacial score (nSPS) is 17.9. The van der Waals surface area contributed by atoms with E-state index < -0.39 is 10.5 Å². The Kier molecular flexibility index (Phi) is 3.78. The van der Waals surface area contributed by atoms with Crippen molar-refractivity contribution in [2.45, 2.75) is 12.5 Å². The monoisotopic (exact) mass is 354 g/mol. The quantitative estimate of drug-likeness (QED) is 0.520. The fourth-order valence-corrected chi connectivity index (χ4v) is 3.52. The number of nitro benzene ring substituents is 1. The summed E-state index contributed by atoms with van der Waals surface area (Å²) in [5.41, 5.74) is 2.51. The minimum Gasteiger partial charge on any atom is -0.273 e. The summed E-state index contributed by atoms with van der Waals surface area (Å²) in [4.78, 5) is 19.9. The largest absolute Gasteiger partial charge is 0.273 e. The van der Waals surface area contributed by atoms with Gasteiger partial charge in [0.05, 0.1) is 16.0 Å². The van der Waals surface area contributed by atoms with Gasteiger partial charge in [-0.3, -0.25) is 20.1 Å². The number of benzene rings is 2. The van der Waals surface area contributed by atoms with Crippen molar-refractivity contribution < 1.29 is 4.92 Å². The number of aryl methyl sites for hydroxylation is 1. The maximum Gasteiger partial charge on any atom is 0.270 e. The van der Waals surface area contributed by atoms with Gasteiger partial charge in [-0.15, -0.1) is 0 Å². The number of non-ortho nitro benzene ring substituents is 1. The molecule has 2 aromatic carbocycles. The molecule has 1 aromatic heterocycles. The first-order chi connectivity index (χ1) is 13.0. The van der Waals surface area contributed by atoms with E-state index in [0.717, 1.165) is 11.1 Å². The van der Waals surface area contributed by atoms with Gasteiger partial charge in [-0.05, 0) is 30.7 Å². The van der Waals surface area contributed by atoms with Gasteiger partial charge in [-0.1, -0.05) is 29.8 Å². The number of aromatic nitrogens is 1. The Morgan fingerprint density at radius 3 is 2.74 bits per heavy atom. The molecule has 0 amide bonds. The van der Waals surface area contributed by atoms with Crippen LogP contribution in [-0.4, -0.2) is 16.1 Å². The molecule has 130 valence electrons. The van der Waals surface area contributed by atoms with Crippen LogP contribution in [0.5, 0.6) is 0 Å². The van der Waals surface area contributed by atoms with E-state index in [1.807, 2.05) is 43.3 Å². The van der Waals surface area contributed by atoms with Gasteiger partial charge in [0.2, 0.25) is 0 Å². The number of hydrogen-bond donors (Lipinski definition) is 0. The van der Waals surface area contributed by atoms with Crippen molar-refractivity contribution in [2.75, 3.05) is 0 Å². The zero-order valence-electron chi connectivity index (χ0n) is 14.5. The van der Waals surface area contributed by atoms with Gasteiger partial charge in [0.1, 0.15) is 11.6 Å². The molecule has 6 nitrogen and oxygen atoms in total. The molecule has 0 fully saturated rings. The van der Waals surface area contributed by atoms with Crippen LogP contribution in [0.2, 0.25) is 0 Å². The third-order valence-electron chi connectivity index (χ3n) is 4.72. The maximum absolute atomic E-state index is 11.3. The van der Waals surface area contributed by atoms with Crippen LogP contribution in [-0.2, 0) is 5.54 Å². The molecular formula is C21H14N4O2. The molecule has 6 heteroatoms. The van der Waals surface area contributed by atoms with Crippen molar-refractivity contribution in [1.29, 1.82) is 5.26 Å². The van der Waals surface area contributed by atoms with E-state index in [-0.39, 0.29) is 5.69 Å². The molecule has 0 bridgehead atoms. The first-order valence-corrected chi connectivity index (χ1v) is 8.33. The van der Waals surface area contributed by atoms with E-state index in [1.165, 1.54) is 18.3 Å². The highest BCUT2D eigenvalue weighted by Crippen LogP contribution is 2.43. The van der Waals surface area contributed by atoms with E-state index in [2.05, 4.69) is 11.1 Å². The van der Waals surface area contributed by atoms with Crippen LogP contribution < -0.4 is 0 Å². The van der Waals surface area contributed by atoms with E-state index in [1.54, 1.807) is 12.3 Å². The number of fused-ring (bicyclic) bond motifs is 1. The van der Waals surface area contributed by atoms with Crippen molar-refractivity contribution in [3.63, 3.8) is 0 Å². The molecule has 4 rings (SSSR count). The first kappa shape index (κ1) is 16.6. The van der Waals surface area contributed by atoms with Crippen LogP contribution in [0.4, 0.5) is 5.69 Å². The lowest BCUT2D eigenvalue weighted by Crippen LogP contribution is -2.23. The van der Waals surface area contributed by atoms with Crippen molar-refractivity contribution in [3.05, 3.63) is 93.2 Å². The number of rotatable bonds is 3. The summed E-state index contributed by atoms with van der Waals surface area (Å²) >= 11 is 0. The van der Waals surface area contributed by atoms with Gasteiger partial charge in [0.25, 0.3) is 5.69 Å². The Morgan fingerprint density at radius 2 is 2.07 bits per heavy atom. The fourth-order valence-electron chi connectivity index (χ4n) is 3.52. The highest BCUT2D eigenvalue weighted by molar-refractivity contribution is 5.90. The van der Waals surface area contributed by atoms with Gasteiger partial charge in [-0.2, -0.15) is 5.26 Å². The summed E-state index contributed by atoms with van der Waals surface area (Å²) in [6.45, 7) is 1.99. The molecule has 0 radical (unpaired) electrons. The molecule has 0 N–H and O–H groups in total. The number of pyridine rings is 1. The second-order valence-corrected chi connectivity index (χ2v) is 6.39. The number of allylic oxidation sites excluding steroid dienone is 1. The van der Waals surface area contributed by atoms with Crippen LogP contribution in [0.25, 0.3) is 10.9 Å². The topological polar surface area (TPSA) is 92.2 Å². The Balaban J connectivity index is 2.13. The lowest BCUT2D eigenvalue weighted by Gasteiger charge is -2.28. The predicted molar refractivity (Wildman–Crippen MR) is 103 cm³/mol. The molecule has 0 saturated carbocycles. The molecular weight excluding hydrogens is 340 g/mol. The number of nitrogens with zero attached hydrogens (tertiary/aromatic N) is 4. The third-order valence-corrected chi connectivity index (χ3v) is 4.72. The average Bonchev–Trinajstić information content (AvgIpc) is 3.17. The van der Waals surface area contributed by atoms with Crippen molar-refractivity contribution in [2.24, 2.45) is 4.99 Å². The molecule has 0 aliphatic carbocycles. The summed E-state index contributed by atoms with van der Waals surface area (Å²) in [5, 5.41) is 21.6. The Bertz CT molecular complexity index is 1180. The molecule has 1 aliphatic heterocycles. The second-order valence-electron chi connectivity index (χ2n) is 6.39. The van der Waals surface area contributed by atoms with Crippen LogP contribution in [0.15, 0.2) is 65.8 Å². The summed E-state index contributed by atoms with van der Waals surface area (Å²) < 4.78 is 0. The molecule has 3 aromatic rings. The van der Waals surface area contributed by atoms with Crippen LogP contribution in [0, 0.1) is 28.4 Å². The minimum absolute atomic E-state index is 0.0500. The van der Waals surface area contributed by atoms with Gasteiger partial charge < -0.3 is 0 Å². The number of nitro groups is 1. The van der Waals surface area contributed by atoms with Gasteiger partial charge in [0.15, 0.2) is 0 Å². The molecule has 27 heavy (non-hydrogen) atoms. The molecule has 1 atom stereocenters. The number of aliphatic imine (C=N–C) groups is 1. The van der Waals surface area contributed by atoms with E-state index in [9.17, 15) is 15.4 Å².